The van der Waals surface area contributed by atoms with Crippen LogP contribution in [0, 0.1) is 6.92 Å². The maximum Gasteiger partial charge on any atom is 0.411 e. The maximum absolute atomic E-state index is 11.6. The molecule has 2 atom stereocenters. The van der Waals surface area contributed by atoms with Crippen LogP contribution in [-0.4, -0.2) is 28.6 Å². The Balaban J connectivity index is 1.35. The molecule has 1 aliphatic rings. The molecule has 8 nitrogen and oxygen atoms in total. The van der Waals surface area contributed by atoms with E-state index in [-0.39, 0.29) is 12.2 Å². The van der Waals surface area contributed by atoms with Gasteiger partial charge in [-0.3, -0.25) is 5.32 Å². The number of hydrazine groups is 1. The summed E-state index contributed by atoms with van der Waals surface area (Å²) in [7, 11) is 0. The Hall–Kier alpha value is -3.36. The molecule has 4 N–H and O–H groups in total. The summed E-state index contributed by atoms with van der Waals surface area (Å²) in [4.78, 5) is 11.6. The van der Waals surface area contributed by atoms with Crippen LogP contribution in [0.15, 0.2) is 60.9 Å². The molecule has 1 fully saturated rings. The molecule has 0 spiro atoms. The molecule has 1 amide bonds. The van der Waals surface area contributed by atoms with Gasteiger partial charge in [0.2, 0.25) is 0 Å². The molecule has 30 heavy (non-hydrogen) atoms. The summed E-state index contributed by atoms with van der Waals surface area (Å²) >= 11 is 0. The average Bonchev–Trinajstić information content (AvgIpc) is 3.43. The highest BCUT2D eigenvalue weighted by Gasteiger charge is 2.25. The van der Waals surface area contributed by atoms with E-state index in [4.69, 9.17) is 4.74 Å². The number of carbonyl (C=O) groups excluding carboxylic acids is 1. The Morgan fingerprint density at radius 2 is 2.07 bits per heavy atom. The SMILES string of the molecule is CCOC(=O)Nc1ccc(NC2CC(c3ccc(-n4cccn4)cc3)NN2)c(C)c1. The van der Waals surface area contributed by atoms with Gasteiger partial charge in [-0.2, -0.15) is 5.10 Å². The van der Waals surface area contributed by atoms with Gasteiger partial charge < -0.3 is 10.1 Å². The molecule has 1 aromatic heterocycles. The number of nitrogens with zero attached hydrogens (tertiary/aromatic N) is 2. The van der Waals surface area contributed by atoms with Crippen molar-refractivity contribution in [2.24, 2.45) is 0 Å². The number of hydrogen-bond acceptors (Lipinski definition) is 6. The number of rotatable bonds is 6. The zero-order valence-corrected chi connectivity index (χ0v) is 17.1. The number of aromatic nitrogens is 2. The van der Waals surface area contributed by atoms with Gasteiger partial charge in [0, 0.05) is 36.2 Å². The number of ether oxygens (including phenoxy) is 1. The Bertz CT molecular complexity index is 987. The molecular formula is C22H26N6O2. The summed E-state index contributed by atoms with van der Waals surface area (Å²) in [5.74, 6) is 0. The van der Waals surface area contributed by atoms with E-state index in [1.54, 1.807) is 13.1 Å². The van der Waals surface area contributed by atoms with E-state index in [1.165, 1.54) is 5.56 Å². The first-order chi connectivity index (χ1) is 14.6. The predicted molar refractivity (Wildman–Crippen MR) is 116 cm³/mol. The molecule has 0 aliphatic carbocycles. The smallest absolute Gasteiger partial charge is 0.411 e. The lowest BCUT2D eigenvalue weighted by Gasteiger charge is -2.17. The van der Waals surface area contributed by atoms with Gasteiger partial charge in [-0.25, -0.2) is 20.3 Å². The van der Waals surface area contributed by atoms with Crippen molar-refractivity contribution < 1.29 is 9.53 Å². The predicted octanol–water partition coefficient (Wildman–Crippen LogP) is 3.73. The van der Waals surface area contributed by atoms with Crippen LogP contribution in [0.25, 0.3) is 5.69 Å². The van der Waals surface area contributed by atoms with Crippen LogP contribution in [0.3, 0.4) is 0 Å². The van der Waals surface area contributed by atoms with Gasteiger partial charge in [-0.15, -0.1) is 0 Å². The van der Waals surface area contributed by atoms with Crippen molar-refractivity contribution in [1.82, 2.24) is 20.6 Å². The molecule has 8 heteroatoms. The Kier molecular flexibility index (Phi) is 5.97. The van der Waals surface area contributed by atoms with E-state index < -0.39 is 6.09 Å². The van der Waals surface area contributed by atoms with Gasteiger partial charge >= 0.3 is 6.09 Å². The number of amides is 1. The lowest BCUT2D eigenvalue weighted by molar-refractivity contribution is 0.168. The van der Waals surface area contributed by atoms with Gasteiger partial charge in [-0.05, 0) is 61.4 Å². The molecular weight excluding hydrogens is 380 g/mol. The third-order valence-electron chi connectivity index (χ3n) is 5.05. The number of anilines is 2. The largest absolute Gasteiger partial charge is 0.450 e. The summed E-state index contributed by atoms with van der Waals surface area (Å²) in [6, 6.07) is 16.3. The Labute approximate surface area is 175 Å². The van der Waals surface area contributed by atoms with E-state index in [1.807, 2.05) is 42.1 Å². The molecule has 0 radical (unpaired) electrons. The zero-order valence-electron chi connectivity index (χ0n) is 17.1. The zero-order chi connectivity index (χ0) is 20.9. The molecule has 0 bridgehead atoms. The van der Waals surface area contributed by atoms with E-state index in [0.29, 0.717) is 12.3 Å². The monoisotopic (exact) mass is 406 g/mol. The van der Waals surface area contributed by atoms with Gasteiger partial charge in [-0.1, -0.05) is 12.1 Å². The van der Waals surface area contributed by atoms with Gasteiger partial charge in [0.25, 0.3) is 0 Å². The van der Waals surface area contributed by atoms with Crippen LogP contribution in [0.4, 0.5) is 16.2 Å². The van der Waals surface area contributed by atoms with E-state index in [0.717, 1.165) is 23.4 Å². The third-order valence-corrected chi connectivity index (χ3v) is 5.05. The van der Waals surface area contributed by atoms with Crippen molar-refractivity contribution in [2.45, 2.75) is 32.5 Å². The van der Waals surface area contributed by atoms with Gasteiger partial charge in [0.1, 0.15) is 0 Å². The minimum absolute atomic E-state index is 0.0864. The molecule has 1 aliphatic heterocycles. The molecule has 156 valence electrons. The fraction of sp³-hybridized carbons (Fsp3) is 0.273. The highest BCUT2D eigenvalue weighted by Crippen LogP contribution is 2.26. The minimum atomic E-state index is -0.444. The van der Waals surface area contributed by atoms with Crippen molar-refractivity contribution >= 4 is 17.5 Å². The van der Waals surface area contributed by atoms with Crippen molar-refractivity contribution in [3.8, 4) is 5.69 Å². The minimum Gasteiger partial charge on any atom is -0.450 e. The Morgan fingerprint density at radius 3 is 2.77 bits per heavy atom. The lowest BCUT2D eigenvalue weighted by Crippen LogP contribution is -2.36. The quantitative estimate of drug-likeness (QED) is 0.499. The molecule has 2 unspecified atom stereocenters. The highest BCUT2D eigenvalue weighted by molar-refractivity contribution is 5.85. The topological polar surface area (TPSA) is 92.2 Å². The van der Waals surface area contributed by atoms with Crippen molar-refractivity contribution in [2.75, 3.05) is 17.2 Å². The molecule has 2 aromatic carbocycles. The van der Waals surface area contributed by atoms with E-state index in [2.05, 4.69) is 50.8 Å². The fourth-order valence-electron chi connectivity index (χ4n) is 3.53. The van der Waals surface area contributed by atoms with Crippen LogP contribution in [0.5, 0.6) is 0 Å². The van der Waals surface area contributed by atoms with Crippen molar-refractivity contribution in [3.05, 3.63) is 72.1 Å². The molecule has 0 saturated carbocycles. The van der Waals surface area contributed by atoms with Crippen LogP contribution in [-0.2, 0) is 4.74 Å². The second kappa shape index (κ2) is 8.98. The van der Waals surface area contributed by atoms with Crippen molar-refractivity contribution in [1.29, 1.82) is 0 Å². The summed E-state index contributed by atoms with van der Waals surface area (Å²) in [6.45, 7) is 4.13. The van der Waals surface area contributed by atoms with E-state index >= 15 is 0 Å². The molecule has 2 heterocycles. The third kappa shape index (κ3) is 4.61. The standard InChI is InChI=1S/C22H26N6O2/c1-3-30-22(29)24-17-7-10-19(15(2)13-17)25-21-14-20(26-27-21)16-5-8-18(9-6-16)28-12-4-11-23-28/h4-13,20-21,25-27H,3,14H2,1-2H3,(H,24,29). The summed E-state index contributed by atoms with van der Waals surface area (Å²) in [5.41, 5.74) is 11.7. The fourth-order valence-corrected chi connectivity index (χ4v) is 3.53. The van der Waals surface area contributed by atoms with E-state index in [9.17, 15) is 4.79 Å². The first-order valence-corrected chi connectivity index (χ1v) is 10.0. The lowest BCUT2D eigenvalue weighted by atomic mass is 10.0. The number of hydrogen-bond donors (Lipinski definition) is 4. The first-order valence-electron chi connectivity index (χ1n) is 10.0. The number of aryl methyl sites for hydroxylation is 1. The van der Waals surface area contributed by atoms with Gasteiger partial charge in [0.15, 0.2) is 0 Å². The van der Waals surface area contributed by atoms with Crippen LogP contribution < -0.4 is 21.5 Å². The molecule has 1 saturated heterocycles. The number of nitrogens with one attached hydrogen (secondary N) is 4. The maximum atomic E-state index is 11.6. The number of benzene rings is 2. The second-order valence-corrected chi connectivity index (χ2v) is 7.19. The summed E-state index contributed by atoms with van der Waals surface area (Å²) in [5, 5.41) is 10.5. The van der Waals surface area contributed by atoms with Crippen LogP contribution in [0.2, 0.25) is 0 Å². The van der Waals surface area contributed by atoms with Crippen molar-refractivity contribution in [3.63, 3.8) is 0 Å². The average molecular weight is 406 g/mol. The van der Waals surface area contributed by atoms with Crippen LogP contribution in [0.1, 0.15) is 30.5 Å². The number of carbonyl (C=O) groups is 1. The Morgan fingerprint density at radius 1 is 1.23 bits per heavy atom. The van der Waals surface area contributed by atoms with Gasteiger partial charge in [0.05, 0.1) is 18.5 Å². The summed E-state index contributed by atoms with van der Waals surface area (Å²) in [6.07, 6.45) is 4.24. The first kappa shape index (κ1) is 19.9. The molecule has 4 rings (SSSR count). The summed E-state index contributed by atoms with van der Waals surface area (Å²) < 4.78 is 6.76. The second-order valence-electron chi connectivity index (χ2n) is 7.19. The molecule has 3 aromatic rings. The normalized spacial score (nSPS) is 18.2. The highest BCUT2D eigenvalue weighted by atomic mass is 16.5. The van der Waals surface area contributed by atoms with Crippen LogP contribution >= 0.6 is 0 Å².